The van der Waals surface area contributed by atoms with Crippen molar-refractivity contribution in [3.8, 4) is 0 Å². The highest BCUT2D eigenvalue weighted by atomic mass is 127. The van der Waals surface area contributed by atoms with Gasteiger partial charge >= 0.3 is 5.97 Å². The van der Waals surface area contributed by atoms with Crippen molar-refractivity contribution in [1.82, 2.24) is 9.55 Å². The molecular weight excluding hydrogens is 361 g/mol. The molecule has 0 aliphatic heterocycles. The van der Waals surface area contributed by atoms with Gasteiger partial charge in [-0.2, -0.15) is 0 Å². The molecule has 0 spiro atoms. The number of aryl methyl sites for hydroxylation is 1. The van der Waals surface area contributed by atoms with Crippen LogP contribution in [0.4, 0.5) is 0 Å². The average molecular weight is 377 g/mol. The van der Waals surface area contributed by atoms with Gasteiger partial charge in [-0.15, -0.1) is 0 Å². The van der Waals surface area contributed by atoms with Crippen LogP contribution in [0, 0.1) is 9.62 Å². The molecule has 1 atom stereocenters. The number of ether oxygens (including phenoxy) is 1. The first-order valence-electron chi connectivity index (χ1n) is 6.22. The number of primary amides is 1. The molecule has 1 aromatic heterocycles. The lowest BCUT2D eigenvalue weighted by Crippen LogP contribution is -2.35. The topological polar surface area (TPSA) is 87.2 Å². The summed E-state index contributed by atoms with van der Waals surface area (Å²) in [5.41, 5.74) is 5.33. The Balaban J connectivity index is 2.17. The summed E-state index contributed by atoms with van der Waals surface area (Å²) in [5, 5.41) is 0. The monoisotopic (exact) mass is 377 g/mol. The Morgan fingerprint density at radius 3 is 2.84 bits per heavy atom. The predicted octanol–water partition coefficient (Wildman–Crippen LogP) is 1.03. The zero-order valence-corrected chi connectivity index (χ0v) is 12.8. The van der Waals surface area contributed by atoms with E-state index in [1.54, 1.807) is 6.20 Å². The van der Waals surface area contributed by atoms with Crippen LogP contribution in [0.25, 0.3) is 0 Å². The fraction of sp³-hybridized carbons (Fsp3) is 0.583. The number of aromatic nitrogens is 2. The second-order valence-corrected chi connectivity index (χ2v) is 5.72. The Kier molecular flexibility index (Phi) is 4.43. The average Bonchev–Trinajstić information content (AvgIpc) is 3.10. The molecule has 1 saturated carbocycles. The molecule has 1 aliphatic rings. The minimum absolute atomic E-state index is 0.371. The van der Waals surface area contributed by atoms with E-state index in [-0.39, 0.29) is 0 Å². The normalized spacial score (nSPS) is 16.1. The lowest BCUT2D eigenvalue weighted by molar-refractivity contribution is -0.151. The summed E-state index contributed by atoms with van der Waals surface area (Å²) < 4.78 is 7.39. The summed E-state index contributed by atoms with van der Waals surface area (Å²) in [5.74, 6) is -0.213. The fourth-order valence-electron chi connectivity index (χ4n) is 1.81. The Hall–Kier alpha value is -1.12. The maximum atomic E-state index is 12.0. The van der Waals surface area contributed by atoms with Gasteiger partial charge in [0.15, 0.2) is 0 Å². The Morgan fingerprint density at radius 1 is 1.63 bits per heavy atom. The first kappa shape index (κ1) is 14.3. The van der Waals surface area contributed by atoms with E-state index in [0.29, 0.717) is 24.8 Å². The Morgan fingerprint density at radius 2 is 2.32 bits per heavy atom. The van der Waals surface area contributed by atoms with Gasteiger partial charge in [0.05, 0.1) is 6.61 Å². The van der Waals surface area contributed by atoms with Crippen LogP contribution in [0.15, 0.2) is 6.20 Å². The third-order valence-corrected chi connectivity index (χ3v) is 3.54. The van der Waals surface area contributed by atoms with Gasteiger partial charge in [0, 0.05) is 12.6 Å². The van der Waals surface area contributed by atoms with E-state index in [2.05, 4.69) is 4.98 Å². The maximum absolute atomic E-state index is 12.0. The molecule has 2 rings (SSSR count). The number of nitrogens with zero attached hydrogens (tertiary/aromatic N) is 2. The largest absolute Gasteiger partial charge is 0.463 e. The van der Waals surface area contributed by atoms with Gasteiger partial charge in [0.1, 0.15) is 9.53 Å². The minimum Gasteiger partial charge on any atom is -0.463 e. The van der Waals surface area contributed by atoms with Crippen LogP contribution in [0.2, 0.25) is 0 Å². The van der Waals surface area contributed by atoms with Crippen LogP contribution in [0.1, 0.15) is 31.6 Å². The van der Waals surface area contributed by atoms with E-state index in [1.165, 1.54) is 4.57 Å². The number of rotatable bonds is 6. The number of nitrogens with two attached hydrogens (primary N) is 1. The molecule has 6 nitrogen and oxygen atoms in total. The Labute approximate surface area is 124 Å². The van der Waals surface area contributed by atoms with Gasteiger partial charge in [-0.05, 0) is 41.4 Å². The minimum atomic E-state index is -1.12. The molecule has 0 bridgehead atoms. The third-order valence-electron chi connectivity index (χ3n) is 3.02. The molecule has 1 aromatic rings. The second-order valence-electron chi connectivity index (χ2n) is 4.62. The van der Waals surface area contributed by atoms with Crippen molar-refractivity contribution in [2.45, 2.75) is 32.2 Å². The number of hydrogen-bond acceptors (Lipinski definition) is 4. The zero-order chi connectivity index (χ0) is 14.0. The first-order valence-corrected chi connectivity index (χ1v) is 7.30. The number of hydrogen-bond donors (Lipinski definition) is 1. The molecule has 19 heavy (non-hydrogen) atoms. The van der Waals surface area contributed by atoms with Crippen molar-refractivity contribution in [1.29, 1.82) is 0 Å². The highest BCUT2D eigenvalue weighted by molar-refractivity contribution is 14.1. The fourth-order valence-corrected chi connectivity index (χ4v) is 2.39. The number of carbonyl (C=O) groups excluding carboxylic acids is 2. The Bertz CT molecular complexity index is 496. The summed E-state index contributed by atoms with van der Waals surface area (Å²) in [6, 6.07) is -1.12. The molecule has 104 valence electrons. The summed E-state index contributed by atoms with van der Waals surface area (Å²) >= 11 is 2.04. The van der Waals surface area contributed by atoms with E-state index in [0.717, 1.165) is 16.5 Å². The molecule has 1 aliphatic carbocycles. The summed E-state index contributed by atoms with van der Waals surface area (Å²) in [7, 11) is 0. The number of imidazole rings is 1. The maximum Gasteiger partial charge on any atom is 0.339 e. The van der Waals surface area contributed by atoms with Crippen LogP contribution >= 0.6 is 22.6 Å². The molecule has 1 heterocycles. The van der Waals surface area contributed by atoms with Gasteiger partial charge in [-0.1, -0.05) is 6.92 Å². The van der Waals surface area contributed by atoms with Crippen molar-refractivity contribution in [3.63, 3.8) is 0 Å². The lowest BCUT2D eigenvalue weighted by Gasteiger charge is -2.16. The molecule has 1 unspecified atom stereocenters. The van der Waals surface area contributed by atoms with Gasteiger partial charge < -0.3 is 15.0 Å². The molecule has 1 amide bonds. The standard InChI is InChI=1S/C12H16IN3O3/c1-2-9-15-8(13)5-16(9)10(11(14)17)12(18)19-6-7-3-4-7/h5,7,10H,2-4,6H2,1H3,(H2,14,17). The predicted molar refractivity (Wildman–Crippen MR) is 76.2 cm³/mol. The summed E-state index contributed by atoms with van der Waals surface area (Å²) in [6.45, 7) is 2.28. The molecule has 0 radical (unpaired) electrons. The molecule has 7 heteroatoms. The van der Waals surface area contributed by atoms with Gasteiger partial charge in [0.25, 0.3) is 5.91 Å². The third kappa shape index (κ3) is 3.46. The van der Waals surface area contributed by atoms with E-state index >= 15 is 0 Å². The van der Waals surface area contributed by atoms with Crippen molar-refractivity contribution in [2.24, 2.45) is 11.7 Å². The van der Waals surface area contributed by atoms with Crippen molar-refractivity contribution in [3.05, 3.63) is 15.7 Å². The van der Waals surface area contributed by atoms with E-state index in [4.69, 9.17) is 10.5 Å². The molecule has 2 N–H and O–H groups in total. The van der Waals surface area contributed by atoms with E-state index < -0.39 is 17.9 Å². The summed E-state index contributed by atoms with van der Waals surface area (Å²) in [6.07, 6.45) is 4.42. The van der Waals surface area contributed by atoms with Crippen molar-refractivity contribution < 1.29 is 14.3 Å². The van der Waals surface area contributed by atoms with Gasteiger partial charge in [0.2, 0.25) is 6.04 Å². The number of halogens is 1. The molecule has 0 aromatic carbocycles. The van der Waals surface area contributed by atoms with Crippen LogP contribution in [-0.4, -0.2) is 28.0 Å². The first-order chi connectivity index (χ1) is 9.02. The molecule has 0 saturated heterocycles. The van der Waals surface area contributed by atoms with Crippen LogP contribution in [0.5, 0.6) is 0 Å². The lowest BCUT2D eigenvalue weighted by atomic mass is 10.2. The van der Waals surface area contributed by atoms with E-state index in [1.807, 2.05) is 29.5 Å². The van der Waals surface area contributed by atoms with Crippen molar-refractivity contribution in [2.75, 3.05) is 6.61 Å². The molecule has 1 fully saturated rings. The van der Waals surface area contributed by atoms with Crippen molar-refractivity contribution >= 4 is 34.5 Å². The highest BCUT2D eigenvalue weighted by Crippen LogP contribution is 2.29. The highest BCUT2D eigenvalue weighted by Gasteiger charge is 2.32. The number of esters is 1. The van der Waals surface area contributed by atoms with Gasteiger partial charge in [-0.25, -0.2) is 9.78 Å². The van der Waals surface area contributed by atoms with Crippen LogP contribution < -0.4 is 5.73 Å². The van der Waals surface area contributed by atoms with Gasteiger partial charge in [-0.3, -0.25) is 4.79 Å². The zero-order valence-electron chi connectivity index (χ0n) is 10.6. The number of amides is 1. The summed E-state index contributed by atoms with van der Waals surface area (Å²) in [4.78, 5) is 27.8. The quantitative estimate of drug-likeness (QED) is 0.456. The molecular formula is C12H16IN3O3. The second kappa shape index (κ2) is 5.89. The SMILES string of the molecule is CCc1nc(I)cn1C(C(N)=O)C(=O)OCC1CC1. The van der Waals surface area contributed by atoms with Crippen LogP contribution in [-0.2, 0) is 20.7 Å². The van der Waals surface area contributed by atoms with E-state index in [9.17, 15) is 9.59 Å². The van der Waals surface area contributed by atoms with Crippen LogP contribution in [0.3, 0.4) is 0 Å². The number of carbonyl (C=O) groups is 2. The smallest absolute Gasteiger partial charge is 0.339 e.